The van der Waals surface area contributed by atoms with E-state index in [1.165, 1.54) is 12.1 Å². The Morgan fingerprint density at radius 2 is 1.29 bits per heavy atom. The van der Waals surface area contributed by atoms with Gasteiger partial charge in [0, 0.05) is 0 Å². The Labute approximate surface area is 204 Å². The second-order valence-electron chi connectivity index (χ2n) is 7.94. The number of unbranched alkanes of at least 4 members (excludes halogenated alkanes) is 6. The third-order valence-corrected chi connectivity index (χ3v) is 5.86. The van der Waals surface area contributed by atoms with Gasteiger partial charge < -0.3 is 9.47 Å². The number of hydrogen-bond donors (Lipinski definition) is 1. The van der Waals surface area contributed by atoms with E-state index in [1.807, 2.05) is 0 Å². The molecule has 0 aliphatic rings. The van der Waals surface area contributed by atoms with Crippen LogP contribution >= 0.6 is 0 Å². The molecule has 0 aromatic heterocycles. The van der Waals surface area contributed by atoms with Crippen molar-refractivity contribution in [3.63, 3.8) is 0 Å². The lowest BCUT2D eigenvalue weighted by Crippen LogP contribution is -2.19. The maximum atomic E-state index is 12.7. The van der Waals surface area contributed by atoms with Gasteiger partial charge in [0.25, 0.3) is 10.1 Å². The summed E-state index contributed by atoms with van der Waals surface area (Å²) in [6.45, 7) is 4.42. The van der Waals surface area contributed by atoms with Gasteiger partial charge in [0.15, 0.2) is 0 Å². The van der Waals surface area contributed by atoms with Gasteiger partial charge in [0.1, 0.15) is 4.90 Å². The van der Waals surface area contributed by atoms with Gasteiger partial charge in [-0.15, -0.1) is 0 Å². The highest BCUT2D eigenvalue weighted by molar-refractivity contribution is 7.86. The van der Waals surface area contributed by atoms with Crippen LogP contribution in [0, 0.1) is 0 Å². The van der Waals surface area contributed by atoms with E-state index in [0.29, 0.717) is 12.8 Å². The maximum absolute atomic E-state index is 12.7. The van der Waals surface area contributed by atoms with Crippen LogP contribution in [0.25, 0.3) is 0 Å². The largest absolute Gasteiger partial charge is 0.462 e. The number of carbonyl (C=O) groups excluding carboxylic acids is 2. The minimum Gasteiger partial charge on any atom is -0.462 e. The van der Waals surface area contributed by atoms with Crippen LogP contribution in [0.3, 0.4) is 0 Å². The standard InChI is InChI=1S/C26H38O7S/c1-3-5-7-9-11-13-15-20-32-25(27)22-18-17-19-23(34(29,30)31)24(22)26(28)33-21-16-14-12-10-8-6-4-2/h7-10,17-19H,3-6,11-16,20-21H2,1-2H3,(H,29,30,31)/b9-7+,10-8+. The first-order valence-electron chi connectivity index (χ1n) is 12.1. The summed E-state index contributed by atoms with van der Waals surface area (Å²) in [4.78, 5) is 24.6. The predicted octanol–water partition coefficient (Wildman–Crippen LogP) is 6.30. The molecule has 1 aromatic rings. The molecule has 1 N–H and O–H groups in total. The molecule has 0 saturated heterocycles. The molecule has 34 heavy (non-hydrogen) atoms. The fourth-order valence-electron chi connectivity index (χ4n) is 3.14. The molecule has 0 aliphatic carbocycles. The van der Waals surface area contributed by atoms with Gasteiger partial charge >= 0.3 is 11.9 Å². The topological polar surface area (TPSA) is 107 Å². The number of carbonyl (C=O) groups is 2. The zero-order valence-electron chi connectivity index (χ0n) is 20.3. The highest BCUT2D eigenvalue weighted by atomic mass is 32.2. The summed E-state index contributed by atoms with van der Waals surface area (Å²) in [5.41, 5.74) is -0.745. The van der Waals surface area contributed by atoms with Crippen LogP contribution in [0.4, 0.5) is 0 Å². The summed E-state index contributed by atoms with van der Waals surface area (Å²) in [6, 6.07) is 3.63. The molecule has 0 amide bonds. The van der Waals surface area contributed by atoms with E-state index in [0.717, 1.165) is 57.4 Å². The SMILES string of the molecule is CCC/C=C/CCCCOC(=O)c1cccc(S(=O)(=O)O)c1C(=O)OCCCC/C=C/CCC. The Bertz CT molecular complexity index is 917. The Balaban J connectivity index is 2.75. The summed E-state index contributed by atoms with van der Waals surface area (Å²) in [5.74, 6) is -1.82. The van der Waals surface area contributed by atoms with Crippen molar-refractivity contribution in [2.24, 2.45) is 0 Å². The van der Waals surface area contributed by atoms with Crippen LogP contribution < -0.4 is 0 Å². The number of esters is 2. The lowest BCUT2D eigenvalue weighted by molar-refractivity contribution is 0.0447. The molecule has 0 heterocycles. The molecule has 0 fully saturated rings. The van der Waals surface area contributed by atoms with Crippen molar-refractivity contribution < 1.29 is 32.0 Å². The second-order valence-corrected chi connectivity index (χ2v) is 9.33. The van der Waals surface area contributed by atoms with E-state index in [1.54, 1.807) is 0 Å². The highest BCUT2D eigenvalue weighted by Crippen LogP contribution is 2.22. The summed E-state index contributed by atoms with van der Waals surface area (Å²) >= 11 is 0. The molecule has 0 unspecified atom stereocenters. The zero-order chi connectivity index (χ0) is 25.2. The summed E-state index contributed by atoms with van der Waals surface area (Å²) < 4.78 is 43.7. The van der Waals surface area contributed by atoms with E-state index in [2.05, 4.69) is 38.2 Å². The lowest BCUT2D eigenvalue weighted by Gasteiger charge is -2.12. The Morgan fingerprint density at radius 3 is 1.79 bits per heavy atom. The highest BCUT2D eigenvalue weighted by Gasteiger charge is 2.28. The smallest absolute Gasteiger partial charge is 0.340 e. The van der Waals surface area contributed by atoms with Crippen LogP contribution in [0.5, 0.6) is 0 Å². The molecule has 1 aromatic carbocycles. The third-order valence-electron chi connectivity index (χ3n) is 4.97. The van der Waals surface area contributed by atoms with E-state index in [4.69, 9.17) is 9.47 Å². The molecule has 0 saturated carbocycles. The Kier molecular flexibility index (Phi) is 14.8. The van der Waals surface area contributed by atoms with Gasteiger partial charge in [-0.3, -0.25) is 4.55 Å². The van der Waals surface area contributed by atoms with Crippen LogP contribution in [-0.2, 0) is 19.6 Å². The fraction of sp³-hybridized carbons (Fsp3) is 0.538. The second kappa shape index (κ2) is 17.1. The maximum Gasteiger partial charge on any atom is 0.340 e. The molecule has 0 radical (unpaired) electrons. The van der Waals surface area contributed by atoms with E-state index in [-0.39, 0.29) is 18.8 Å². The van der Waals surface area contributed by atoms with Crippen molar-refractivity contribution in [3.8, 4) is 0 Å². The van der Waals surface area contributed by atoms with Crippen molar-refractivity contribution >= 4 is 22.1 Å². The van der Waals surface area contributed by atoms with Crippen molar-refractivity contribution in [1.82, 2.24) is 0 Å². The third kappa shape index (κ3) is 11.6. The molecule has 0 bridgehead atoms. The van der Waals surface area contributed by atoms with Crippen LogP contribution in [0.15, 0.2) is 47.4 Å². The van der Waals surface area contributed by atoms with Crippen molar-refractivity contribution in [3.05, 3.63) is 53.6 Å². The summed E-state index contributed by atoms with van der Waals surface area (Å²) in [7, 11) is -4.75. The average molecular weight is 495 g/mol. The quantitative estimate of drug-likeness (QED) is 0.117. The van der Waals surface area contributed by atoms with Gasteiger partial charge in [0.2, 0.25) is 0 Å². The first kappa shape index (κ1) is 29.6. The van der Waals surface area contributed by atoms with Crippen LogP contribution in [-0.4, -0.2) is 38.1 Å². The monoisotopic (exact) mass is 494 g/mol. The molecular weight excluding hydrogens is 456 g/mol. The molecule has 0 spiro atoms. The van der Waals surface area contributed by atoms with Crippen molar-refractivity contribution in [2.45, 2.75) is 83.0 Å². The minimum atomic E-state index is -4.75. The van der Waals surface area contributed by atoms with Gasteiger partial charge in [-0.1, -0.05) is 57.1 Å². The first-order chi connectivity index (χ1) is 16.3. The van der Waals surface area contributed by atoms with Crippen LogP contribution in [0.2, 0.25) is 0 Å². The van der Waals surface area contributed by atoms with E-state index < -0.39 is 32.5 Å². The van der Waals surface area contributed by atoms with Crippen molar-refractivity contribution in [2.75, 3.05) is 13.2 Å². The zero-order valence-corrected chi connectivity index (χ0v) is 21.1. The molecule has 0 aliphatic heterocycles. The normalized spacial score (nSPS) is 11.9. The molecule has 190 valence electrons. The van der Waals surface area contributed by atoms with Gasteiger partial charge in [0.05, 0.1) is 24.3 Å². The van der Waals surface area contributed by atoms with E-state index in [9.17, 15) is 22.6 Å². The molecule has 7 nitrogen and oxygen atoms in total. The first-order valence-corrected chi connectivity index (χ1v) is 13.5. The number of ether oxygens (including phenoxy) is 2. The molecule has 8 heteroatoms. The Morgan fingerprint density at radius 1 is 0.794 bits per heavy atom. The van der Waals surface area contributed by atoms with Crippen molar-refractivity contribution in [1.29, 1.82) is 0 Å². The number of benzene rings is 1. The summed E-state index contributed by atoms with van der Waals surface area (Å²) in [6.07, 6.45) is 17.2. The van der Waals surface area contributed by atoms with Gasteiger partial charge in [-0.25, -0.2) is 9.59 Å². The molecular formula is C26H38O7S. The average Bonchev–Trinajstić information content (AvgIpc) is 2.81. The lowest BCUT2D eigenvalue weighted by atomic mass is 10.1. The number of hydrogen-bond acceptors (Lipinski definition) is 6. The van der Waals surface area contributed by atoms with Gasteiger partial charge in [-0.05, 0) is 63.5 Å². The number of rotatable bonds is 17. The summed E-state index contributed by atoms with van der Waals surface area (Å²) in [5, 5.41) is 0. The minimum absolute atomic E-state index is 0.0697. The van der Waals surface area contributed by atoms with Crippen LogP contribution in [0.1, 0.15) is 98.8 Å². The molecule has 1 rings (SSSR count). The van der Waals surface area contributed by atoms with Gasteiger partial charge in [-0.2, -0.15) is 8.42 Å². The van der Waals surface area contributed by atoms with E-state index >= 15 is 0 Å². The fourth-order valence-corrected chi connectivity index (χ4v) is 3.84. The number of allylic oxidation sites excluding steroid dienone is 4. The molecule has 0 atom stereocenters. The predicted molar refractivity (Wildman–Crippen MR) is 133 cm³/mol. The Hall–Kier alpha value is -2.45.